The molecule has 5 heteroatoms. The monoisotopic (exact) mass is 408 g/mol. The van der Waals surface area contributed by atoms with E-state index in [2.05, 4.69) is 10.6 Å². The first-order valence-corrected chi connectivity index (χ1v) is 10.1. The highest BCUT2D eigenvalue weighted by molar-refractivity contribution is 6.30. The number of carbonyl (C=O) groups excluding carboxylic acids is 1. The Labute approximate surface area is 176 Å². The van der Waals surface area contributed by atoms with Crippen molar-refractivity contribution < 1.29 is 9.53 Å². The number of amides is 1. The third-order valence-electron chi connectivity index (χ3n) is 4.61. The highest BCUT2D eigenvalue weighted by Gasteiger charge is 2.24. The number of para-hydroxylation sites is 2. The molecule has 0 aromatic heterocycles. The van der Waals surface area contributed by atoms with Crippen molar-refractivity contribution >= 4 is 23.2 Å². The number of nitrogens with one attached hydrogen (secondary N) is 2. The normalized spacial score (nSPS) is 12.8. The summed E-state index contributed by atoms with van der Waals surface area (Å²) < 4.78 is 5.64. The number of ether oxygens (including phenoxy) is 1. The molecule has 3 rings (SSSR count). The summed E-state index contributed by atoms with van der Waals surface area (Å²) in [5, 5.41) is 7.12. The van der Waals surface area contributed by atoms with Crippen LogP contribution < -0.4 is 15.4 Å². The summed E-state index contributed by atoms with van der Waals surface area (Å²) in [4.78, 5) is 13.2. The molecule has 0 aliphatic heterocycles. The summed E-state index contributed by atoms with van der Waals surface area (Å²) in [6.07, 6.45) is 0. The van der Waals surface area contributed by atoms with Crippen LogP contribution in [0.25, 0.3) is 0 Å². The van der Waals surface area contributed by atoms with Crippen LogP contribution >= 0.6 is 11.6 Å². The van der Waals surface area contributed by atoms with Gasteiger partial charge in [0.15, 0.2) is 0 Å². The first-order valence-electron chi connectivity index (χ1n) is 9.67. The molecule has 3 aromatic carbocycles. The lowest BCUT2D eigenvalue weighted by Crippen LogP contribution is -2.34. The number of anilines is 1. The minimum Gasteiger partial charge on any atom is -0.492 e. The van der Waals surface area contributed by atoms with Crippen LogP contribution in [0.1, 0.15) is 37.1 Å². The lowest BCUT2D eigenvalue weighted by Gasteiger charge is -2.24. The van der Waals surface area contributed by atoms with Gasteiger partial charge in [-0.25, -0.2) is 0 Å². The van der Waals surface area contributed by atoms with Gasteiger partial charge < -0.3 is 10.1 Å². The molecule has 0 saturated heterocycles. The summed E-state index contributed by atoms with van der Waals surface area (Å²) in [7, 11) is 0. The number of benzene rings is 3. The van der Waals surface area contributed by atoms with Gasteiger partial charge in [0, 0.05) is 11.1 Å². The van der Waals surface area contributed by atoms with Gasteiger partial charge in [0.2, 0.25) is 5.91 Å². The predicted molar refractivity (Wildman–Crippen MR) is 118 cm³/mol. The van der Waals surface area contributed by atoms with E-state index < -0.39 is 6.04 Å². The zero-order valence-corrected chi connectivity index (χ0v) is 17.3. The van der Waals surface area contributed by atoms with E-state index in [9.17, 15) is 4.79 Å². The second kappa shape index (κ2) is 10.1. The molecule has 0 saturated carbocycles. The molecule has 3 aromatic rings. The Bertz CT molecular complexity index is 946. The topological polar surface area (TPSA) is 50.4 Å². The molecule has 0 unspecified atom stereocenters. The van der Waals surface area contributed by atoms with Crippen molar-refractivity contribution in [2.75, 3.05) is 11.9 Å². The van der Waals surface area contributed by atoms with Crippen molar-refractivity contribution in [1.82, 2.24) is 5.32 Å². The van der Waals surface area contributed by atoms with Crippen molar-refractivity contribution in [1.29, 1.82) is 0 Å². The SMILES string of the molecule is CCOc1ccccc1NC(=O)[C@H](N[C@@H](C)c1cccc(Cl)c1)c1ccccc1. The van der Waals surface area contributed by atoms with Gasteiger partial charge in [-0.05, 0) is 49.2 Å². The van der Waals surface area contributed by atoms with Crippen LogP contribution in [0.3, 0.4) is 0 Å². The van der Waals surface area contributed by atoms with E-state index in [4.69, 9.17) is 16.3 Å². The molecule has 2 N–H and O–H groups in total. The zero-order chi connectivity index (χ0) is 20.6. The minimum atomic E-state index is -0.542. The Morgan fingerprint density at radius 1 is 0.966 bits per heavy atom. The maximum absolute atomic E-state index is 13.2. The van der Waals surface area contributed by atoms with Crippen molar-refractivity contribution in [2.45, 2.75) is 25.9 Å². The Hall–Kier alpha value is -2.82. The quantitative estimate of drug-likeness (QED) is 0.497. The first kappa shape index (κ1) is 20.9. The Kier molecular flexibility index (Phi) is 7.28. The number of carbonyl (C=O) groups is 1. The van der Waals surface area contributed by atoms with Gasteiger partial charge in [-0.15, -0.1) is 0 Å². The molecular weight excluding hydrogens is 384 g/mol. The van der Waals surface area contributed by atoms with Gasteiger partial charge in [-0.3, -0.25) is 10.1 Å². The summed E-state index contributed by atoms with van der Waals surface area (Å²) in [6.45, 7) is 4.46. The van der Waals surface area contributed by atoms with Gasteiger partial charge in [-0.2, -0.15) is 0 Å². The standard InChI is InChI=1S/C24H25ClN2O2/c1-3-29-22-15-8-7-14-21(22)27-24(28)23(18-10-5-4-6-11-18)26-17(2)19-12-9-13-20(25)16-19/h4-17,23,26H,3H2,1-2H3,(H,27,28)/t17-,23+/m0/s1. The molecule has 0 fully saturated rings. The van der Waals surface area contributed by atoms with Gasteiger partial charge >= 0.3 is 0 Å². The molecule has 29 heavy (non-hydrogen) atoms. The summed E-state index contributed by atoms with van der Waals surface area (Å²) >= 11 is 6.14. The third-order valence-corrected chi connectivity index (χ3v) is 4.84. The van der Waals surface area contributed by atoms with Gasteiger partial charge in [0.1, 0.15) is 11.8 Å². The summed E-state index contributed by atoms with van der Waals surface area (Å²) in [5.41, 5.74) is 2.55. The summed E-state index contributed by atoms with van der Waals surface area (Å²) in [5.74, 6) is 0.496. The number of halogens is 1. The van der Waals surface area contributed by atoms with Crippen LogP contribution in [0.15, 0.2) is 78.9 Å². The molecule has 0 heterocycles. The molecule has 150 valence electrons. The fraction of sp³-hybridized carbons (Fsp3) is 0.208. The van der Waals surface area contributed by atoms with Gasteiger partial charge in [-0.1, -0.05) is 66.2 Å². The van der Waals surface area contributed by atoms with E-state index in [0.29, 0.717) is 23.1 Å². The Morgan fingerprint density at radius 3 is 2.38 bits per heavy atom. The molecule has 2 atom stereocenters. The van der Waals surface area contributed by atoms with Gasteiger partial charge in [0.25, 0.3) is 0 Å². The van der Waals surface area contributed by atoms with Crippen LogP contribution in [-0.2, 0) is 4.79 Å². The fourth-order valence-corrected chi connectivity index (χ4v) is 3.35. The van der Waals surface area contributed by atoms with Crippen LogP contribution in [0.5, 0.6) is 5.75 Å². The minimum absolute atomic E-state index is 0.0770. The molecule has 0 radical (unpaired) electrons. The van der Waals surface area contributed by atoms with E-state index >= 15 is 0 Å². The Morgan fingerprint density at radius 2 is 1.66 bits per heavy atom. The van der Waals surface area contributed by atoms with E-state index in [-0.39, 0.29) is 11.9 Å². The molecule has 0 bridgehead atoms. The van der Waals surface area contributed by atoms with Crippen molar-refractivity contribution in [2.24, 2.45) is 0 Å². The smallest absolute Gasteiger partial charge is 0.246 e. The van der Waals surface area contributed by atoms with Crippen molar-refractivity contribution in [3.63, 3.8) is 0 Å². The van der Waals surface area contributed by atoms with Crippen molar-refractivity contribution in [3.05, 3.63) is 95.0 Å². The molecule has 0 aliphatic carbocycles. The maximum Gasteiger partial charge on any atom is 0.246 e. The highest BCUT2D eigenvalue weighted by Crippen LogP contribution is 2.27. The lowest BCUT2D eigenvalue weighted by molar-refractivity contribution is -0.118. The highest BCUT2D eigenvalue weighted by atomic mass is 35.5. The largest absolute Gasteiger partial charge is 0.492 e. The molecule has 0 aliphatic rings. The van der Waals surface area contributed by atoms with Gasteiger partial charge in [0.05, 0.1) is 12.3 Å². The fourth-order valence-electron chi connectivity index (χ4n) is 3.15. The van der Waals surface area contributed by atoms with E-state index in [1.54, 1.807) is 0 Å². The Balaban J connectivity index is 1.85. The average Bonchev–Trinajstić information content (AvgIpc) is 2.74. The second-order valence-electron chi connectivity index (χ2n) is 6.71. The zero-order valence-electron chi connectivity index (χ0n) is 16.6. The van der Waals surface area contributed by atoms with Crippen LogP contribution in [0, 0.1) is 0 Å². The lowest BCUT2D eigenvalue weighted by atomic mass is 10.0. The second-order valence-corrected chi connectivity index (χ2v) is 7.14. The third kappa shape index (κ3) is 5.59. The number of hydrogen-bond donors (Lipinski definition) is 2. The van der Waals surface area contributed by atoms with E-state index in [1.807, 2.05) is 92.7 Å². The van der Waals surface area contributed by atoms with E-state index in [0.717, 1.165) is 11.1 Å². The summed E-state index contributed by atoms with van der Waals surface area (Å²) in [6, 6.07) is 24.1. The van der Waals surface area contributed by atoms with Crippen molar-refractivity contribution in [3.8, 4) is 5.75 Å². The molecule has 1 amide bonds. The first-order chi connectivity index (χ1) is 14.1. The molecule has 4 nitrogen and oxygen atoms in total. The average molecular weight is 409 g/mol. The molecular formula is C24H25ClN2O2. The van der Waals surface area contributed by atoms with E-state index in [1.165, 1.54) is 0 Å². The number of rotatable bonds is 8. The van der Waals surface area contributed by atoms with Crippen LogP contribution in [-0.4, -0.2) is 12.5 Å². The molecule has 0 spiro atoms. The van der Waals surface area contributed by atoms with Crippen LogP contribution in [0.2, 0.25) is 5.02 Å². The van der Waals surface area contributed by atoms with Crippen LogP contribution in [0.4, 0.5) is 5.69 Å². The predicted octanol–water partition coefficient (Wildman–Crippen LogP) is 5.77. The number of hydrogen-bond acceptors (Lipinski definition) is 3. The maximum atomic E-state index is 13.2.